The largest absolute Gasteiger partial charge is 0.378 e. The molecule has 0 spiro atoms. The van der Waals surface area contributed by atoms with E-state index >= 15 is 0 Å². The minimum atomic E-state index is -0.342. The van der Waals surface area contributed by atoms with E-state index < -0.39 is 0 Å². The van der Waals surface area contributed by atoms with E-state index in [9.17, 15) is 14.0 Å². The second kappa shape index (κ2) is 9.21. The number of ether oxygens (including phenoxy) is 1. The third-order valence-electron chi connectivity index (χ3n) is 5.48. The fourth-order valence-corrected chi connectivity index (χ4v) is 4.67. The van der Waals surface area contributed by atoms with Crippen LogP contribution in [0.25, 0.3) is 17.0 Å². The summed E-state index contributed by atoms with van der Waals surface area (Å²) in [5, 5.41) is 4.14. The van der Waals surface area contributed by atoms with Gasteiger partial charge in [-0.25, -0.2) is 9.38 Å². The van der Waals surface area contributed by atoms with E-state index in [-0.39, 0.29) is 24.2 Å². The number of carbonyl (C=O) groups is 2. The SMILES string of the molecule is O=C1NC(=Nc2ccc(F)cc2)S/C1=C\c1cn(CC(=O)N2CCOCC2)c2ccccc12. The van der Waals surface area contributed by atoms with Gasteiger partial charge >= 0.3 is 0 Å². The first kappa shape index (κ1) is 21.4. The summed E-state index contributed by atoms with van der Waals surface area (Å²) in [5.41, 5.74) is 2.33. The lowest BCUT2D eigenvalue weighted by Crippen LogP contribution is -2.42. The van der Waals surface area contributed by atoms with Crippen molar-refractivity contribution < 1.29 is 18.7 Å². The number of aliphatic imine (C=N–C) groups is 1. The highest BCUT2D eigenvalue weighted by molar-refractivity contribution is 8.18. The normalized spacial score (nSPS) is 18.9. The van der Waals surface area contributed by atoms with E-state index in [1.807, 2.05) is 46.0 Å². The van der Waals surface area contributed by atoms with Gasteiger partial charge in [-0.05, 0) is 48.2 Å². The van der Waals surface area contributed by atoms with Crippen LogP contribution >= 0.6 is 11.8 Å². The number of aromatic nitrogens is 1. The van der Waals surface area contributed by atoms with Gasteiger partial charge in [0.25, 0.3) is 5.91 Å². The smallest absolute Gasteiger partial charge is 0.264 e. The second-order valence-corrected chi connectivity index (χ2v) is 8.71. The number of morpholine rings is 1. The number of carbonyl (C=O) groups excluding carboxylic acids is 2. The van der Waals surface area contributed by atoms with Crippen molar-refractivity contribution in [1.29, 1.82) is 0 Å². The molecule has 1 aromatic heterocycles. The molecule has 3 aromatic rings. The summed E-state index contributed by atoms with van der Waals surface area (Å²) in [7, 11) is 0. The highest BCUT2D eigenvalue weighted by Gasteiger charge is 2.25. The Labute approximate surface area is 193 Å². The zero-order valence-corrected chi connectivity index (χ0v) is 18.5. The van der Waals surface area contributed by atoms with Crippen molar-refractivity contribution in [3.63, 3.8) is 0 Å². The van der Waals surface area contributed by atoms with Crippen LogP contribution in [0.1, 0.15) is 5.56 Å². The number of para-hydroxylation sites is 1. The topological polar surface area (TPSA) is 75.9 Å². The van der Waals surface area contributed by atoms with E-state index in [0.29, 0.717) is 42.1 Å². The Morgan fingerprint density at radius 1 is 1.15 bits per heavy atom. The van der Waals surface area contributed by atoms with Crippen molar-refractivity contribution >= 4 is 51.4 Å². The molecule has 0 saturated carbocycles. The quantitative estimate of drug-likeness (QED) is 0.600. The van der Waals surface area contributed by atoms with Crippen LogP contribution in [0.5, 0.6) is 0 Å². The molecular formula is C24H21FN4O3S. The maximum atomic E-state index is 13.1. The number of hydrogen-bond acceptors (Lipinski definition) is 5. The third-order valence-corrected chi connectivity index (χ3v) is 6.39. The first-order valence-corrected chi connectivity index (χ1v) is 11.4. The van der Waals surface area contributed by atoms with Gasteiger partial charge in [0.15, 0.2) is 5.17 Å². The van der Waals surface area contributed by atoms with Crippen LogP contribution < -0.4 is 5.32 Å². The molecule has 2 saturated heterocycles. The van der Waals surface area contributed by atoms with E-state index in [1.54, 1.807) is 12.1 Å². The molecule has 0 aliphatic carbocycles. The molecule has 0 radical (unpaired) electrons. The van der Waals surface area contributed by atoms with Crippen molar-refractivity contribution in [3.05, 3.63) is 71.0 Å². The Bertz CT molecular complexity index is 1280. The lowest BCUT2D eigenvalue weighted by atomic mass is 10.1. The van der Waals surface area contributed by atoms with Crippen molar-refractivity contribution in [2.75, 3.05) is 26.3 Å². The van der Waals surface area contributed by atoms with Gasteiger partial charge < -0.3 is 19.5 Å². The Kier molecular flexibility index (Phi) is 5.97. The summed E-state index contributed by atoms with van der Waals surface area (Å²) in [6.07, 6.45) is 3.71. The number of nitrogens with zero attached hydrogens (tertiary/aromatic N) is 3. The van der Waals surface area contributed by atoms with Crippen LogP contribution in [0.3, 0.4) is 0 Å². The summed E-state index contributed by atoms with van der Waals surface area (Å²) < 4.78 is 20.4. The highest BCUT2D eigenvalue weighted by Crippen LogP contribution is 2.31. The lowest BCUT2D eigenvalue weighted by Gasteiger charge is -2.27. The molecule has 0 atom stereocenters. The summed E-state index contributed by atoms with van der Waals surface area (Å²) in [4.78, 5) is 32.0. The van der Waals surface area contributed by atoms with Gasteiger partial charge in [-0.2, -0.15) is 0 Å². The molecule has 7 nitrogen and oxygen atoms in total. The third kappa shape index (κ3) is 4.69. The molecule has 1 N–H and O–H groups in total. The van der Waals surface area contributed by atoms with Gasteiger partial charge in [0.1, 0.15) is 12.4 Å². The average Bonchev–Trinajstić information content (AvgIpc) is 3.35. The average molecular weight is 465 g/mol. The molecule has 3 heterocycles. The number of amides is 2. The fraction of sp³-hybridized carbons (Fsp3) is 0.208. The van der Waals surface area contributed by atoms with Crippen LogP contribution in [-0.4, -0.2) is 52.8 Å². The molecule has 2 fully saturated rings. The first-order chi connectivity index (χ1) is 16.1. The van der Waals surface area contributed by atoms with Crippen LogP contribution in [0, 0.1) is 5.82 Å². The molecule has 168 valence electrons. The van der Waals surface area contributed by atoms with E-state index in [2.05, 4.69) is 10.3 Å². The maximum absolute atomic E-state index is 13.1. The summed E-state index contributed by atoms with van der Waals surface area (Å²) in [6, 6.07) is 13.6. The van der Waals surface area contributed by atoms with Gasteiger partial charge in [-0.15, -0.1) is 0 Å². The van der Waals surface area contributed by atoms with Crippen molar-refractivity contribution in [2.24, 2.45) is 4.99 Å². The van der Waals surface area contributed by atoms with Gasteiger partial charge in [-0.1, -0.05) is 18.2 Å². The Morgan fingerprint density at radius 2 is 1.91 bits per heavy atom. The number of nitrogens with one attached hydrogen (secondary N) is 1. The number of hydrogen-bond donors (Lipinski definition) is 1. The maximum Gasteiger partial charge on any atom is 0.264 e. The predicted molar refractivity (Wildman–Crippen MR) is 127 cm³/mol. The van der Waals surface area contributed by atoms with Gasteiger partial charge in [-0.3, -0.25) is 9.59 Å². The number of halogens is 1. The second-order valence-electron chi connectivity index (χ2n) is 7.68. The van der Waals surface area contributed by atoms with Crippen molar-refractivity contribution in [3.8, 4) is 0 Å². The van der Waals surface area contributed by atoms with Crippen molar-refractivity contribution in [1.82, 2.24) is 14.8 Å². The number of thioether (sulfide) groups is 1. The highest BCUT2D eigenvalue weighted by atomic mass is 32.2. The molecule has 33 heavy (non-hydrogen) atoms. The van der Waals surface area contributed by atoms with Crippen LogP contribution in [0.15, 0.2) is 64.6 Å². The van der Waals surface area contributed by atoms with Crippen molar-refractivity contribution in [2.45, 2.75) is 6.54 Å². The van der Waals surface area contributed by atoms with Gasteiger partial charge in [0, 0.05) is 35.8 Å². The van der Waals surface area contributed by atoms with E-state index in [0.717, 1.165) is 16.5 Å². The molecule has 0 unspecified atom stereocenters. The molecule has 0 bridgehead atoms. The summed E-state index contributed by atoms with van der Waals surface area (Å²) in [5.74, 6) is -0.548. The molecule has 2 amide bonds. The minimum absolute atomic E-state index is 0.0416. The van der Waals surface area contributed by atoms with E-state index in [4.69, 9.17) is 4.74 Å². The minimum Gasteiger partial charge on any atom is -0.378 e. The van der Waals surface area contributed by atoms with Gasteiger partial charge in [0.05, 0.1) is 23.8 Å². The fourth-order valence-electron chi connectivity index (χ4n) is 3.83. The molecule has 2 aliphatic rings. The predicted octanol–water partition coefficient (Wildman–Crippen LogP) is 3.53. The zero-order chi connectivity index (χ0) is 22.8. The number of benzene rings is 2. The summed E-state index contributed by atoms with van der Waals surface area (Å²) in [6.45, 7) is 2.54. The van der Waals surface area contributed by atoms with Crippen LogP contribution in [0.2, 0.25) is 0 Å². The Morgan fingerprint density at radius 3 is 2.70 bits per heavy atom. The molecule has 9 heteroatoms. The molecule has 2 aromatic carbocycles. The number of amidine groups is 1. The van der Waals surface area contributed by atoms with Crippen LogP contribution in [-0.2, 0) is 20.9 Å². The lowest BCUT2D eigenvalue weighted by molar-refractivity contribution is -0.135. The van der Waals surface area contributed by atoms with E-state index in [1.165, 1.54) is 23.9 Å². The number of rotatable bonds is 4. The van der Waals surface area contributed by atoms with Crippen LogP contribution in [0.4, 0.5) is 10.1 Å². The standard InChI is InChI=1S/C24H21FN4O3S/c25-17-5-7-18(8-6-17)26-24-27-23(31)21(33-24)13-16-14-29(20-4-2-1-3-19(16)20)15-22(30)28-9-11-32-12-10-28/h1-8,13-14H,9-12,15H2,(H,26,27,31)/b21-13-. The Balaban J connectivity index is 1.41. The summed E-state index contributed by atoms with van der Waals surface area (Å²) >= 11 is 1.23. The Hall–Kier alpha value is -3.43. The molecule has 5 rings (SSSR count). The molecular weight excluding hydrogens is 443 g/mol. The molecule has 2 aliphatic heterocycles. The van der Waals surface area contributed by atoms with Gasteiger partial charge in [0.2, 0.25) is 5.91 Å². The monoisotopic (exact) mass is 464 g/mol. The zero-order valence-electron chi connectivity index (χ0n) is 17.7. The number of fused-ring (bicyclic) bond motifs is 1. The first-order valence-electron chi connectivity index (χ1n) is 10.6.